The van der Waals surface area contributed by atoms with Gasteiger partial charge in [0.2, 0.25) is 0 Å². The van der Waals surface area contributed by atoms with Crippen LogP contribution in [0.3, 0.4) is 0 Å². The van der Waals surface area contributed by atoms with Crippen molar-refractivity contribution in [3.8, 4) is 11.5 Å². The summed E-state index contributed by atoms with van der Waals surface area (Å²) in [5, 5.41) is 30.2. The van der Waals surface area contributed by atoms with Crippen molar-refractivity contribution in [3.63, 3.8) is 0 Å². The molecule has 4 nitrogen and oxygen atoms in total. The number of carbonyl (C=O) groups is 1. The van der Waals surface area contributed by atoms with Crippen LogP contribution in [0.15, 0.2) is 47.1 Å². The molecule has 0 aliphatic heterocycles. The van der Waals surface area contributed by atoms with Gasteiger partial charge < -0.3 is 15.3 Å². The zero-order valence-electron chi connectivity index (χ0n) is 20.0. The van der Waals surface area contributed by atoms with Crippen LogP contribution >= 0.6 is 0 Å². The Morgan fingerprint density at radius 1 is 1.06 bits per heavy atom. The van der Waals surface area contributed by atoms with Crippen molar-refractivity contribution in [1.82, 2.24) is 0 Å². The van der Waals surface area contributed by atoms with Crippen LogP contribution in [0, 0.1) is 12.8 Å². The van der Waals surface area contributed by atoms with Crippen LogP contribution in [0.1, 0.15) is 77.8 Å². The minimum Gasteiger partial charge on any atom is -0.508 e. The number of phenols is 2. The highest BCUT2D eigenvalue weighted by atomic mass is 16.3. The zero-order chi connectivity index (χ0) is 23.6. The molecule has 1 aromatic rings. The highest BCUT2D eigenvalue weighted by Crippen LogP contribution is 2.28. The second-order valence-electron chi connectivity index (χ2n) is 9.05. The van der Waals surface area contributed by atoms with Crippen LogP contribution < -0.4 is 0 Å². The maximum atomic E-state index is 12.1. The number of aliphatic hydroxyl groups is 1. The summed E-state index contributed by atoms with van der Waals surface area (Å²) in [5.41, 5.74) is 4.64. The summed E-state index contributed by atoms with van der Waals surface area (Å²) < 4.78 is 0. The fourth-order valence-corrected chi connectivity index (χ4v) is 3.51. The molecule has 1 aromatic carbocycles. The number of aliphatic hydroxyl groups excluding tert-OH is 1. The molecule has 0 saturated carbocycles. The van der Waals surface area contributed by atoms with E-state index in [4.69, 9.17) is 0 Å². The van der Waals surface area contributed by atoms with Crippen LogP contribution in [-0.2, 0) is 11.2 Å². The van der Waals surface area contributed by atoms with Gasteiger partial charge in [0, 0.05) is 17.9 Å². The number of Topliss-reactive ketones (excluding diaryl/α,β-unsaturated/α-hetero) is 1. The van der Waals surface area contributed by atoms with Crippen molar-refractivity contribution in [1.29, 1.82) is 0 Å². The number of ketones is 1. The first-order chi connectivity index (χ1) is 14.5. The monoisotopic (exact) mass is 428 g/mol. The highest BCUT2D eigenvalue weighted by molar-refractivity contribution is 5.82. The second-order valence-corrected chi connectivity index (χ2v) is 9.05. The Morgan fingerprint density at radius 2 is 1.74 bits per heavy atom. The highest BCUT2D eigenvalue weighted by Gasteiger charge is 2.11. The van der Waals surface area contributed by atoms with E-state index in [-0.39, 0.29) is 23.2 Å². The summed E-state index contributed by atoms with van der Waals surface area (Å²) in [7, 11) is 0. The summed E-state index contributed by atoms with van der Waals surface area (Å²) in [6.07, 6.45) is 9.49. The number of hydrogen-bond acceptors (Lipinski definition) is 4. The number of aromatic hydroxyl groups is 2. The molecular formula is C27H40O4. The Kier molecular flexibility index (Phi) is 11.3. The molecule has 0 bridgehead atoms. The molecular weight excluding hydrogens is 388 g/mol. The lowest BCUT2D eigenvalue weighted by atomic mass is 9.95. The van der Waals surface area contributed by atoms with E-state index in [1.807, 2.05) is 52.8 Å². The van der Waals surface area contributed by atoms with Crippen molar-refractivity contribution >= 4 is 5.78 Å². The zero-order valence-corrected chi connectivity index (χ0v) is 20.0. The van der Waals surface area contributed by atoms with Gasteiger partial charge in [0.05, 0.1) is 6.10 Å². The minimum absolute atomic E-state index is 0.0657. The van der Waals surface area contributed by atoms with Gasteiger partial charge in [-0.1, -0.05) is 41.9 Å². The molecule has 4 heteroatoms. The SMILES string of the molecule is CC(C)=CCC(=O)C(C)CCC/C(C)=C/C(O)C/C(C)=C/Cc1cc(O)cc(C)c1O. The fourth-order valence-electron chi connectivity index (χ4n) is 3.51. The molecule has 172 valence electrons. The van der Waals surface area contributed by atoms with Gasteiger partial charge in [-0.15, -0.1) is 0 Å². The van der Waals surface area contributed by atoms with E-state index in [1.165, 1.54) is 11.6 Å². The van der Waals surface area contributed by atoms with Crippen molar-refractivity contribution in [2.24, 2.45) is 5.92 Å². The Morgan fingerprint density at radius 3 is 2.39 bits per heavy atom. The van der Waals surface area contributed by atoms with E-state index in [9.17, 15) is 20.1 Å². The van der Waals surface area contributed by atoms with Gasteiger partial charge in [-0.25, -0.2) is 0 Å². The van der Waals surface area contributed by atoms with Gasteiger partial charge in [-0.05, 0) is 84.4 Å². The second kappa shape index (κ2) is 13.2. The summed E-state index contributed by atoms with van der Waals surface area (Å²) in [5.74, 6) is 0.696. The third-order valence-electron chi connectivity index (χ3n) is 5.51. The number of rotatable bonds is 12. The average Bonchev–Trinajstić information content (AvgIpc) is 2.67. The minimum atomic E-state index is -0.563. The Bertz CT molecular complexity index is 826. The van der Waals surface area contributed by atoms with Crippen molar-refractivity contribution in [2.45, 2.75) is 86.2 Å². The Balaban J connectivity index is 2.49. The third kappa shape index (κ3) is 10.5. The largest absolute Gasteiger partial charge is 0.508 e. The lowest BCUT2D eigenvalue weighted by molar-refractivity contribution is -0.121. The molecule has 3 N–H and O–H groups in total. The lowest BCUT2D eigenvalue weighted by Crippen LogP contribution is -2.10. The average molecular weight is 429 g/mol. The first kappa shape index (κ1) is 26.7. The van der Waals surface area contributed by atoms with E-state index < -0.39 is 6.10 Å². The first-order valence-corrected chi connectivity index (χ1v) is 11.2. The summed E-state index contributed by atoms with van der Waals surface area (Å²) in [4.78, 5) is 12.1. The molecule has 0 aliphatic rings. The summed E-state index contributed by atoms with van der Waals surface area (Å²) in [6.45, 7) is 11.7. The predicted molar refractivity (Wildman–Crippen MR) is 128 cm³/mol. The van der Waals surface area contributed by atoms with Gasteiger partial charge in [0.1, 0.15) is 17.3 Å². The molecule has 2 atom stereocenters. The summed E-state index contributed by atoms with van der Waals surface area (Å²) >= 11 is 0. The molecule has 0 fully saturated rings. The number of benzene rings is 1. The van der Waals surface area contributed by atoms with E-state index in [1.54, 1.807) is 13.0 Å². The first-order valence-electron chi connectivity index (χ1n) is 11.2. The molecule has 0 aliphatic carbocycles. The number of aryl methyl sites for hydroxylation is 1. The number of phenolic OH excluding ortho intramolecular Hbond substituents is 2. The number of carbonyl (C=O) groups excluding carboxylic acids is 1. The molecule has 31 heavy (non-hydrogen) atoms. The van der Waals surface area contributed by atoms with Gasteiger partial charge in [-0.2, -0.15) is 0 Å². The smallest absolute Gasteiger partial charge is 0.139 e. The molecule has 0 saturated heterocycles. The molecule has 0 amide bonds. The van der Waals surface area contributed by atoms with Crippen LogP contribution in [0.25, 0.3) is 0 Å². The normalized spacial score (nSPS) is 14.3. The standard InChI is InChI=1S/C27H40O4/c1-18(2)10-13-26(30)21(5)9-7-8-19(3)14-24(28)15-20(4)11-12-23-17-25(29)16-22(6)27(23)31/h10-11,14,16-17,21,24,28-29,31H,7-9,12-13,15H2,1-6H3/b19-14+,20-11+. The molecule has 0 aromatic heterocycles. The van der Waals surface area contributed by atoms with E-state index in [2.05, 4.69) is 0 Å². The van der Waals surface area contributed by atoms with E-state index in [0.29, 0.717) is 30.4 Å². The van der Waals surface area contributed by atoms with Crippen LogP contribution in [0.4, 0.5) is 0 Å². The van der Waals surface area contributed by atoms with Crippen LogP contribution in [0.2, 0.25) is 0 Å². The molecule has 1 rings (SSSR count). The predicted octanol–water partition coefficient (Wildman–Crippen LogP) is 6.32. The van der Waals surface area contributed by atoms with Gasteiger partial charge in [-0.3, -0.25) is 4.79 Å². The molecule has 0 heterocycles. The third-order valence-corrected chi connectivity index (χ3v) is 5.51. The summed E-state index contributed by atoms with van der Waals surface area (Å²) in [6, 6.07) is 3.10. The Labute approximate surface area is 188 Å². The fraction of sp³-hybridized carbons (Fsp3) is 0.519. The van der Waals surface area contributed by atoms with Crippen molar-refractivity contribution < 1.29 is 20.1 Å². The number of hydrogen-bond donors (Lipinski definition) is 3. The van der Waals surface area contributed by atoms with Crippen LogP contribution in [-0.4, -0.2) is 27.2 Å². The number of allylic oxidation sites excluding steroid dienone is 4. The van der Waals surface area contributed by atoms with Crippen molar-refractivity contribution in [3.05, 3.63) is 58.2 Å². The molecule has 0 radical (unpaired) electrons. The van der Waals surface area contributed by atoms with Crippen molar-refractivity contribution in [2.75, 3.05) is 0 Å². The Hall–Kier alpha value is -2.33. The van der Waals surface area contributed by atoms with Gasteiger partial charge >= 0.3 is 0 Å². The van der Waals surface area contributed by atoms with Gasteiger partial charge in [0.25, 0.3) is 0 Å². The van der Waals surface area contributed by atoms with Crippen LogP contribution in [0.5, 0.6) is 11.5 Å². The molecule has 0 spiro atoms. The lowest BCUT2D eigenvalue weighted by Gasteiger charge is -2.11. The topological polar surface area (TPSA) is 77.8 Å². The van der Waals surface area contributed by atoms with Gasteiger partial charge in [0.15, 0.2) is 0 Å². The maximum absolute atomic E-state index is 12.1. The quantitative estimate of drug-likeness (QED) is 0.269. The van der Waals surface area contributed by atoms with E-state index >= 15 is 0 Å². The van der Waals surface area contributed by atoms with E-state index in [0.717, 1.165) is 30.4 Å². The maximum Gasteiger partial charge on any atom is 0.139 e. The molecule has 2 unspecified atom stereocenters.